The molecule has 1 aromatic carbocycles. The second-order valence-electron chi connectivity index (χ2n) is 6.21. The van der Waals surface area contributed by atoms with Gasteiger partial charge in [0.05, 0.1) is 29.2 Å². The van der Waals surface area contributed by atoms with Crippen LogP contribution in [0.3, 0.4) is 0 Å². The van der Waals surface area contributed by atoms with Crippen LogP contribution in [-0.2, 0) is 19.6 Å². The van der Waals surface area contributed by atoms with Gasteiger partial charge >= 0.3 is 49.7 Å². The topological polar surface area (TPSA) is 107 Å². The predicted molar refractivity (Wildman–Crippen MR) is 95.0 cm³/mol. The van der Waals surface area contributed by atoms with Crippen LogP contribution in [0, 0.1) is 11.8 Å². The van der Waals surface area contributed by atoms with Crippen molar-refractivity contribution in [1.29, 1.82) is 0 Å². The average Bonchev–Trinajstić information content (AvgIpc) is 2.48. The van der Waals surface area contributed by atoms with Crippen molar-refractivity contribution in [2.24, 2.45) is 11.8 Å². The fraction of sp³-hybridized carbons (Fsp3) is 0.500. The molecule has 0 atom stereocenters. The molecule has 0 saturated heterocycles. The van der Waals surface area contributed by atoms with E-state index in [1.54, 1.807) is 0 Å². The van der Waals surface area contributed by atoms with E-state index in [0.717, 1.165) is 12.1 Å². The van der Waals surface area contributed by atoms with E-state index in [-0.39, 0.29) is 73.9 Å². The van der Waals surface area contributed by atoms with Crippen molar-refractivity contribution in [1.82, 2.24) is 0 Å². The fourth-order valence-corrected chi connectivity index (χ4v) is 2.19. The number of esters is 2. The molecule has 0 fully saturated rings. The Morgan fingerprint density at radius 2 is 1.28 bits per heavy atom. The molecule has 0 spiro atoms. The van der Waals surface area contributed by atoms with Crippen LogP contribution in [0.2, 0.25) is 0 Å². The van der Waals surface area contributed by atoms with E-state index in [0.29, 0.717) is 0 Å². The second kappa shape index (κ2) is 10.5. The van der Waals surface area contributed by atoms with Crippen molar-refractivity contribution in [3.63, 3.8) is 0 Å². The van der Waals surface area contributed by atoms with Crippen molar-refractivity contribution in [3.05, 3.63) is 29.3 Å². The molecule has 0 aromatic heterocycles. The molecule has 0 heterocycles. The van der Waals surface area contributed by atoms with Gasteiger partial charge in [0.2, 0.25) is 0 Å². The van der Waals surface area contributed by atoms with Crippen LogP contribution in [0.15, 0.2) is 23.1 Å². The molecule has 1 rings (SSSR count). The Morgan fingerprint density at radius 3 is 1.56 bits per heavy atom. The average molecular weight is 401 g/mol. The van der Waals surface area contributed by atoms with Crippen LogP contribution in [0.5, 0.6) is 0 Å². The zero-order valence-corrected chi connectivity index (χ0v) is 14.9. The van der Waals surface area contributed by atoms with Gasteiger partial charge < -0.3 is 9.47 Å². The molecule has 0 radical (unpaired) electrons. The van der Waals surface area contributed by atoms with E-state index in [9.17, 15) is 22.6 Å². The van der Waals surface area contributed by atoms with Gasteiger partial charge in [0.15, 0.2) is 0 Å². The third kappa shape index (κ3) is 8.50. The predicted octanol–water partition coefficient (Wildman–Crippen LogP) is 1.64. The van der Waals surface area contributed by atoms with Gasteiger partial charge in [-0.1, -0.05) is 27.7 Å². The van der Waals surface area contributed by atoms with Crippen LogP contribution in [0.1, 0.15) is 48.4 Å². The molecule has 0 aliphatic carbocycles. The van der Waals surface area contributed by atoms with Crippen molar-refractivity contribution >= 4 is 59.8 Å². The first-order chi connectivity index (χ1) is 11.0. The van der Waals surface area contributed by atoms with Gasteiger partial charge in [0.25, 0.3) is 10.1 Å². The van der Waals surface area contributed by atoms with Crippen LogP contribution < -0.4 is 0 Å². The van der Waals surface area contributed by atoms with E-state index < -0.39 is 27.0 Å². The van der Waals surface area contributed by atoms with Gasteiger partial charge in [-0.2, -0.15) is 8.42 Å². The molecule has 25 heavy (non-hydrogen) atoms. The fourth-order valence-electron chi connectivity index (χ4n) is 1.64. The molecule has 9 heteroatoms. The Bertz CT molecular complexity index is 669. The number of carbonyl (C=O) groups is 2. The number of benzene rings is 1. The number of hydrogen-bond acceptors (Lipinski definition) is 6. The van der Waals surface area contributed by atoms with Gasteiger partial charge in [-0.15, -0.1) is 0 Å². The van der Waals surface area contributed by atoms with Gasteiger partial charge in [-0.3, -0.25) is 4.55 Å². The Balaban J connectivity index is 0.00000576. The second-order valence-corrected chi connectivity index (χ2v) is 7.63. The monoisotopic (exact) mass is 400 g/mol. The molecule has 0 bridgehead atoms. The number of carbonyl (C=O) groups excluding carboxylic acids is 2. The number of rotatable bonds is 7. The molecule has 0 amide bonds. The van der Waals surface area contributed by atoms with Crippen molar-refractivity contribution in [2.75, 3.05) is 13.2 Å². The Labute approximate surface area is 177 Å². The van der Waals surface area contributed by atoms with Crippen molar-refractivity contribution in [2.45, 2.75) is 32.6 Å². The number of hydrogen-bond donors (Lipinski definition) is 1. The third-order valence-corrected chi connectivity index (χ3v) is 3.60. The molecule has 138 valence electrons. The molecular weight excluding hydrogens is 376 g/mol. The van der Waals surface area contributed by atoms with Crippen LogP contribution >= 0.6 is 0 Å². The summed E-state index contributed by atoms with van der Waals surface area (Å²) in [6, 6.07) is 3.09. The quantitative estimate of drug-likeness (QED) is 0.421. The molecule has 0 aliphatic rings. The standard InChI is InChI=1S/C16H22O7S.Ca.2H/c1-10(2)8-22-15(17)12-5-13(16(18)23-9-11(3)4)7-14(6-12)24(19,20)21;;;/h5-7,10-11H,8-9H2,1-4H3,(H,19,20,21);;;. The summed E-state index contributed by atoms with van der Waals surface area (Å²) in [5, 5.41) is 0. The van der Waals surface area contributed by atoms with E-state index in [2.05, 4.69) is 0 Å². The molecule has 1 N–H and O–H groups in total. The Hall–Kier alpha value is -0.670. The van der Waals surface area contributed by atoms with E-state index in [1.807, 2.05) is 27.7 Å². The summed E-state index contributed by atoms with van der Waals surface area (Å²) in [6.45, 7) is 7.66. The molecule has 0 unspecified atom stereocenters. The summed E-state index contributed by atoms with van der Waals surface area (Å²) >= 11 is 0. The van der Waals surface area contributed by atoms with Crippen molar-refractivity contribution in [3.8, 4) is 0 Å². The Morgan fingerprint density at radius 1 is 0.920 bits per heavy atom. The minimum atomic E-state index is -4.59. The summed E-state index contributed by atoms with van der Waals surface area (Å²) in [7, 11) is -4.59. The zero-order chi connectivity index (χ0) is 18.5. The first-order valence-corrected chi connectivity index (χ1v) is 8.91. The molecule has 0 aliphatic heterocycles. The summed E-state index contributed by atoms with van der Waals surface area (Å²) in [5.74, 6) is -1.39. The maximum absolute atomic E-state index is 12.0. The van der Waals surface area contributed by atoms with E-state index in [4.69, 9.17) is 9.47 Å². The maximum atomic E-state index is 12.0. The minimum absolute atomic E-state index is 0. The van der Waals surface area contributed by atoms with Crippen LogP contribution in [0.25, 0.3) is 0 Å². The summed E-state index contributed by atoms with van der Waals surface area (Å²) < 4.78 is 42.0. The molecular formula is C16H24CaO7S. The normalized spacial score (nSPS) is 11.2. The zero-order valence-electron chi connectivity index (χ0n) is 14.1. The first-order valence-electron chi connectivity index (χ1n) is 7.47. The SMILES string of the molecule is CC(C)COC(=O)c1cc(C(=O)OCC(C)C)cc(S(=O)(=O)O)c1.[CaH2]. The van der Waals surface area contributed by atoms with E-state index in [1.165, 1.54) is 6.07 Å². The van der Waals surface area contributed by atoms with Crippen molar-refractivity contribution < 1.29 is 32.0 Å². The van der Waals surface area contributed by atoms with Crippen LogP contribution in [0.4, 0.5) is 0 Å². The van der Waals surface area contributed by atoms with Gasteiger partial charge in [-0.05, 0) is 30.0 Å². The summed E-state index contributed by atoms with van der Waals surface area (Å²) in [4.78, 5) is 23.5. The van der Waals surface area contributed by atoms with Crippen LogP contribution in [-0.4, -0.2) is 75.9 Å². The third-order valence-electron chi connectivity index (χ3n) is 2.77. The first kappa shape index (κ1) is 24.3. The molecule has 7 nitrogen and oxygen atoms in total. The summed E-state index contributed by atoms with van der Waals surface area (Å²) in [6.07, 6.45) is 0. The van der Waals surface area contributed by atoms with E-state index >= 15 is 0 Å². The molecule has 0 saturated carbocycles. The number of ether oxygens (including phenoxy) is 2. The van der Waals surface area contributed by atoms with Gasteiger partial charge in [0, 0.05) is 0 Å². The molecule has 1 aromatic rings. The van der Waals surface area contributed by atoms with Gasteiger partial charge in [0.1, 0.15) is 0 Å². The van der Waals surface area contributed by atoms with Gasteiger partial charge in [-0.25, -0.2) is 9.59 Å². The Kier molecular flexibility index (Phi) is 10.2. The summed E-state index contributed by atoms with van der Waals surface area (Å²) in [5.41, 5.74) is -0.301.